The fourth-order valence-corrected chi connectivity index (χ4v) is 3.75. The third-order valence-corrected chi connectivity index (χ3v) is 5.13. The predicted octanol–water partition coefficient (Wildman–Crippen LogP) is 5.06. The third-order valence-electron chi connectivity index (χ3n) is 5.13. The van der Waals surface area contributed by atoms with Crippen molar-refractivity contribution in [2.75, 3.05) is 5.32 Å². The van der Waals surface area contributed by atoms with Crippen LogP contribution in [-0.2, 0) is 17.8 Å². The molecular weight excluding hydrogens is 390 g/mol. The van der Waals surface area contributed by atoms with Crippen molar-refractivity contribution in [3.05, 3.63) is 82.7 Å². The van der Waals surface area contributed by atoms with E-state index in [0.717, 1.165) is 28.2 Å². The van der Waals surface area contributed by atoms with Crippen LogP contribution >= 0.6 is 0 Å². The summed E-state index contributed by atoms with van der Waals surface area (Å²) in [5.41, 5.74) is 4.99. The van der Waals surface area contributed by atoms with E-state index in [1.165, 1.54) is 0 Å². The number of nitrogens with zero attached hydrogens (tertiary/aromatic N) is 2. The van der Waals surface area contributed by atoms with Crippen molar-refractivity contribution >= 4 is 17.6 Å². The van der Waals surface area contributed by atoms with Crippen LogP contribution in [-0.4, -0.2) is 26.8 Å². The zero-order chi connectivity index (χ0) is 22.5. The van der Waals surface area contributed by atoms with Crippen LogP contribution in [0, 0.1) is 0 Å². The van der Waals surface area contributed by atoms with Crippen LogP contribution in [0.3, 0.4) is 0 Å². The molecular formula is C25H29N3O3. The highest BCUT2D eigenvalue weighted by Crippen LogP contribution is 2.29. The minimum Gasteiger partial charge on any atom is -0.481 e. The Hall–Kier alpha value is -3.41. The molecule has 3 rings (SSSR count). The first kappa shape index (κ1) is 22.3. The van der Waals surface area contributed by atoms with Gasteiger partial charge in [-0.05, 0) is 41.7 Å². The topological polar surface area (TPSA) is 84.2 Å². The molecule has 2 aromatic carbocycles. The molecule has 6 nitrogen and oxygen atoms in total. The number of aromatic nitrogens is 2. The number of anilines is 1. The highest BCUT2D eigenvalue weighted by Gasteiger charge is 2.23. The molecule has 0 atom stereocenters. The zero-order valence-electron chi connectivity index (χ0n) is 18.4. The number of carboxylic acids is 1. The van der Waals surface area contributed by atoms with E-state index in [-0.39, 0.29) is 24.2 Å². The summed E-state index contributed by atoms with van der Waals surface area (Å²) in [7, 11) is 0. The number of carbonyl (C=O) groups is 2. The van der Waals surface area contributed by atoms with Crippen LogP contribution in [0.15, 0.2) is 54.6 Å². The highest BCUT2D eigenvalue weighted by molar-refractivity contribution is 6.04. The van der Waals surface area contributed by atoms with Gasteiger partial charge in [-0.25, -0.2) is 0 Å². The Labute approximate surface area is 182 Å². The number of amides is 1. The van der Waals surface area contributed by atoms with Crippen LogP contribution in [0.5, 0.6) is 0 Å². The van der Waals surface area contributed by atoms with E-state index in [1.807, 2.05) is 61.0 Å². The number of hydrogen-bond acceptors (Lipinski definition) is 3. The Bertz CT molecular complexity index is 1050. The number of aliphatic carboxylic acids is 1. The molecule has 31 heavy (non-hydrogen) atoms. The van der Waals surface area contributed by atoms with E-state index in [1.54, 1.807) is 12.1 Å². The van der Waals surface area contributed by atoms with Gasteiger partial charge in [0.1, 0.15) is 0 Å². The molecule has 1 heterocycles. The molecule has 0 aliphatic carbocycles. The van der Waals surface area contributed by atoms with E-state index >= 15 is 0 Å². The van der Waals surface area contributed by atoms with Gasteiger partial charge in [-0.3, -0.25) is 14.3 Å². The second kappa shape index (κ2) is 9.60. The Morgan fingerprint density at radius 1 is 0.968 bits per heavy atom. The molecule has 162 valence electrons. The van der Waals surface area contributed by atoms with Gasteiger partial charge in [-0.15, -0.1) is 0 Å². The summed E-state index contributed by atoms with van der Waals surface area (Å²) in [5, 5.41) is 17.1. The maximum absolute atomic E-state index is 12.3. The highest BCUT2D eigenvalue weighted by atomic mass is 16.4. The van der Waals surface area contributed by atoms with E-state index < -0.39 is 5.97 Å². The summed E-state index contributed by atoms with van der Waals surface area (Å²) in [4.78, 5) is 23.8. The van der Waals surface area contributed by atoms with Crippen molar-refractivity contribution in [1.29, 1.82) is 0 Å². The van der Waals surface area contributed by atoms with Gasteiger partial charge in [0.2, 0.25) is 0 Å². The van der Waals surface area contributed by atoms with Crippen LogP contribution in [0.25, 0.3) is 0 Å². The lowest BCUT2D eigenvalue weighted by Crippen LogP contribution is -2.12. The lowest BCUT2D eigenvalue weighted by molar-refractivity contribution is -0.136. The van der Waals surface area contributed by atoms with Crippen molar-refractivity contribution in [1.82, 2.24) is 9.78 Å². The van der Waals surface area contributed by atoms with E-state index in [2.05, 4.69) is 19.2 Å². The van der Waals surface area contributed by atoms with Crippen LogP contribution in [0.2, 0.25) is 0 Å². The van der Waals surface area contributed by atoms with Crippen LogP contribution < -0.4 is 5.32 Å². The van der Waals surface area contributed by atoms with Gasteiger partial charge in [0.05, 0.1) is 18.7 Å². The number of carbonyl (C=O) groups excluding carboxylic acids is 1. The van der Waals surface area contributed by atoms with Crippen molar-refractivity contribution in [3.8, 4) is 0 Å². The maximum atomic E-state index is 12.3. The molecule has 3 aromatic rings. The minimum absolute atomic E-state index is 0.0223. The molecule has 0 saturated carbocycles. The monoisotopic (exact) mass is 419 g/mol. The van der Waals surface area contributed by atoms with Crippen molar-refractivity contribution in [3.63, 3.8) is 0 Å². The minimum atomic E-state index is -0.845. The lowest BCUT2D eigenvalue weighted by atomic mass is 9.96. The van der Waals surface area contributed by atoms with Crippen molar-refractivity contribution < 1.29 is 14.7 Å². The predicted molar refractivity (Wildman–Crippen MR) is 122 cm³/mol. The fourth-order valence-electron chi connectivity index (χ4n) is 3.75. The molecule has 0 aliphatic heterocycles. The fraction of sp³-hybridized carbons (Fsp3) is 0.320. The SMILES string of the molecule is CC(C)c1nn(Cc2ccc(NC(=O)c3ccccc3)cc2)c(C(C)C)c1CC(=O)O. The summed E-state index contributed by atoms with van der Waals surface area (Å²) in [6.45, 7) is 8.73. The number of hydrogen-bond donors (Lipinski definition) is 2. The van der Waals surface area contributed by atoms with Gasteiger partial charge >= 0.3 is 5.97 Å². The van der Waals surface area contributed by atoms with Gasteiger partial charge in [0.15, 0.2) is 0 Å². The molecule has 0 saturated heterocycles. The lowest BCUT2D eigenvalue weighted by Gasteiger charge is -2.13. The molecule has 0 spiro atoms. The molecule has 1 aromatic heterocycles. The summed E-state index contributed by atoms with van der Waals surface area (Å²) in [6, 6.07) is 16.7. The number of nitrogens with one attached hydrogen (secondary N) is 1. The summed E-state index contributed by atoms with van der Waals surface area (Å²) in [5.74, 6) is -0.702. The van der Waals surface area contributed by atoms with Gasteiger partial charge in [-0.2, -0.15) is 5.10 Å². The first-order chi connectivity index (χ1) is 14.8. The molecule has 1 amide bonds. The van der Waals surface area contributed by atoms with E-state index in [4.69, 9.17) is 5.10 Å². The zero-order valence-corrected chi connectivity index (χ0v) is 18.4. The van der Waals surface area contributed by atoms with Crippen LogP contribution in [0.4, 0.5) is 5.69 Å². The molecule has 6 heteroatoms. The largest absolute Gasteiger partial charge is 0.481 e. The normalized spacial score (nSPS) is 11.2. The Kier molecular flexibility index (Phi) is 6.90. The number of carboxylic acid groups (broad SMARTS) is 1. The first-order valence-corrected chi connectivity index (χ1v) is 10.5. The Balaban J connectivity index is 1.82. The molecule has 0 radical (unpaired) electrons. The molecule has 0 fully saturated rings. The summed E-state index contributed by atoms with van der Waals surface area (Å²) < 4.78 is 1.93. The molecule has 0 aliphatic rings. The second-order valence-electron chi connectivity index (χ2n) is 8.30. The smallest absolute Gasteiger partial charge is 0.307 e. The molecule has 0 unspecified atom stereocenters. The molecule has 2 N–H and O–H groups in total. The molecule has 0 bridgehead atoms. The summed E-state index contributed by atoms with van der Waals surface area (Å²) >= 11 is 0. The second-order valence-corrected chi connectivity index (χ2v) is 8.30. The third kappa shape index (κ3) is 5.40. The standard InChI is InChI=1S/C25H29N3O3/c1-16(2)23-21(14-22(29)30)24(17(3)4)28(27-23)15-18-10-12-20(13-11-18)26-25(31)19-8-6-5-7-9-19/h5-13,16-17H,14-15H2,1-4H3,(H,26,31)(H,29,30). The summed E-state index contributed by atoms with van der Waals surface area (Å²) in [6.07, 6.45) is -0.0223. The van der Waals surface area contributed by atoms with Gasteiger partial charge in [-0.1, -0.05) is 58.0 Å². The Morgan fingerprint density at radius 3 is 2.16 bits per heavy atom. The number of benzene rings is 2. The van der Waals surface area contributed by atoms with Crippen molar-refractivity contribution in [2.24, 2.45) is 0 Å². The average Bonchev–Trinajstić information content (AvgIpc) is 3.07. The van der Waals surface area contributed by atoms with E-state index in [9.17, 15) is 14.7 Å². The average molecular weight is 420 g/mol. The maximum Gasteiger partial charge on any atom is 0.307 e. The Morgan fingerprint density at radius 2 is 1.61 bits per heavy atom. The quantitative estimate of drug-likeness (QED) is 0.535. The van der Waals surface area contributed by atoms with Gasteiger partial charge in [0, 0.05) is 22.5 Å². The number of rotatable bonds is 8. The van der Waals surface area contributed by atoms with Crippen LogP contribution in [0.1, 0.15) is 72.4 Å². The van der Waals surface area contributed by atoms with Gasteiger partial charge < -0.3 is 10.4 Å². The van der Waals surface area contributed by atoms with E-state index in [0.29, 0.717) is 12.1 Å². The first-order valence-electron chi connectivity index (χ1n) is 10.5. The van der Waals surface area contributed by atoms with Crippen molar-refractivity contribution in [2.45, 2.75) is 52.5 Å². The van der Waals surface area contributed by atoms with Gasteiger partial charge in [0.25, 0.3) is 5.91 Å².